The van der Waals surface area contributed by atoms with Crippen LogP contribution in [-0.4, -0.2) is 49.8 Å². The van der Waals surface area contributed by atoms with Crippen LogP contribution in [0, 0.1) is 0 Å². The van der Waals surface area contributed by atoms with E-state index in [-0.39, 0.29) is 0 Å². The third-order valence-corrected chi connectivity index (χ3v) is 21.6. The molecule has 0 unspecified atom stereocenters. The van der Waals surface area contributed by atoms with Crippen LogP contribution < -0.4 is 0 Å². The lowest BCUT2D eigenvalue weighted by molar-refractivity contribution is 0.655. The topological polar surface area (TPSA) is 155 Å². The van der Waals surface area contributed by atoms with Crippen LogP contribution in [0.25, 0.3) is 224 Å². The predicted octanol–water partition coefficient (Wildman–Crippen LogP) is 26.8. The molecule has 12 nitrogen and oxygen atoms in total. The van der Waals surface area contributed by atoms with E-state index in [2.05, 4.69) is 267 Å². The molecule has 22 rings (SSSR count). The minimum atomic E-state index is 0.554. The normalized spacial score (nSPS) is 11.4. The number of furan rings is 2. The van der Waals surface area contributed by atoms with Gasteiger partial charge in [-0.15, -0.1) is 0 Å². The maximum Gasteiger partial charge on any atom is 0.246 e. The van der Waals surface area contributed by atoms with Gasteiger partial charge in [-0.3, -0.25) is 4.98 Å². The fourth-order valence-electron chi connectivity index (χ4n) is 15.5. The molecular formula is C106H66N10O2. The quantitative estimate of drug-likeness (QED) is 0.102. The van der Waals surface area contributed by atoms with Gasteiger partial charge < -0.3 is 8.83 Å². The Morgan fingerprint density at radius 3 is 0.898 bits per heavy atom. The standard InChI is InChI=1S/2C53H33N5O/c1-3-11-34(12-4-1)35-22-28-40(29-23-35)51-56-50(39-13-5-2-6-14-39)57-52(58-51)41-30-24-37(25-31-41)43-16-9-15-42(33-43)36-20-26-38(27-21-36)47-48-44-17-7-8-19-46(44)59-53(48)55-45-18-10-32-54-49(45)47;1-3-10-34(11-4-1)35-22-26-40(27-23-35)51-56-50(39-12-5-2-6-13-39)57-52(58-51)41-28-24-37(25-29-41)43-15-9-14-42(32-43)36-18-20-38(21-19-36)44-30-31-45-48(33-44)59-53-49(45)54-46-16-7-8-17-47(46)55-53/h2*1-33H. The molecule has 7 heterocycles. The minimum Gasteiger partial charge on any atom is -0.438 e. The maximum absolute atomic E-state index is 6.22. The van der Waals surface area contributed by atoms with E-state index < -0.39 is 0 Å². The van der Waals surface area contributed by atoms with Crippen molar-refractivity contribution < 1.29 is 8.83 Å². The molecule has 0 saturated carbocycles. The lowest BCUT2D eigenvalue weighted by atomic mass is 9.95. The molecule has 0 aliphatic heterocycles. The van der Waals surface area contributed by atoms with E-state index >= 15 is 0 Å². The Morgan fingerprint density at radius 1 is 0.169 bits per heavy atom. The summed E-state index contributed by atoms with van der Waals surface area (Å²) in [6.07, 6.45) is 1.82. The van der Waals surface area contributed by atoms with Gasteiger partial charge in [0.1, 0.15) is 16.7 Å². The van der Waals surface area contributed by atoms with Gasteiger partial charge in [0.05, 0.1) is 27.5 Å². The van der Waals surface area contributed by atoms with Crippen molar-refractivity contribution >= 4 is 66.3 Å². The number of nitrogens with zero attached hydrogens (tertiary/aromatic N) is 10. The van der Waals surface area contributed by atoms with Crippen LogP contribution in [0.15, 0.2) is 409 Å². The molecule has 0 saturated heterocycles. The van der Waals surface area contributed by atoms with Crippen LogP contribution >= 0.6 is 0 Å². The summed E-state index contributed by atoms with van der Waals surface area (Å²) in [5.41, 5.74) is 30.3. The lowest BCUT2D eigenvalue weighted by Crippen LogP contribution is -2.00. The molecule has 15 aromatic carbocycles. The summed E-state index contributed by atoms with van der Waals surface area (Å²) < 4.78 is 12.4. The zero-order valence-electron chi connectivity index (χ0n) is 63.4. The molecule has 0 aliphatic rings. The van der Waals surface area contributed by atoms with Gasteiger partial charge in [0, 0.05) is 55.9 Å². The number of hydrogen-bond donors (Lipinski definition) is 0. The zero-order chi connectivity index (χ0) is 78.2. The fourth-order valence-corrected chi connectivity index (χ4v) is 15.5. The van der Waals surface area contributed by atoms with Crippen molar-refractivity contribution in [3.8, 4) is 157 Å². The summed E-state index contributed by atoms with van der Waals surface area (Å²) in [5, 5.41) is 2.97. The number of fused-ring (bicyclic) bond motifs is 8. The maximum atomic E-state index is 6.22. The van der Waals surface area contributed by atoms with Gasteiger partial charge in [0.2, 0.25) is 11.4 Å². The molecule has 0 fully saturated rings. The second-order valence-corrected chi connectivity index (χ2v) is 29.0. The molecule has 12 heteroatoms. The van der Waals surface area contributed by atoms with Crippen molar-refractivity contribution in [3.05, 3.63) is 401 Å². The van der Waals surface area contributed by atoms with Crippen LogP contribution in [0.2, 0.25) is 0 Å². The largest absolute Gasteiger partial charge is 0.438 e. The molecule has 22 aromatic rings. The summed E-state index contributed by atoms with van der Waals surface area (Å²) in [6.45, 7) is 0. The number of para-hydroxylation sites is 3. The average molecular weight is 1510 g/mol. The third kappa shape index (κ3) is 13.8. The highest BCUT2D eigenvalue weighted by Crippen LogP contribution is 2.42. The van der Waals surface area contributed by atoms with Crippen molar-refractivity contribution in [2.45, 2.75) is 0 Å². The predicted molar refractivity (Wildman–Crippen MR) is 477 cm³/mol. The van der Waals surface area contributed by atoms with Crippen LogP contribution in [0.1, 0.15) is 0 Å². The van der Waals surface area contributed by atoms with E-state index in [1.54, 1.807) is 0 Å². The van der Waals surface area contributed by atoms with Gasteiger partial charge in [0.15, 0.2) is 34.9 Å². The number of pyridine rings is 2. The van der Waals surface area contributed by atoms with Crippen molar-refractivity contribution in [2.75, 3.05) is 0 Å². The summed E-state index contributed by atoms with van der Waals surface area (Å²) in [7, 11) is 0. The lowest BCUT2D eigenvalue weighted by Gasteiger charge is -2.11. The first-order chi connectivity index (χ1) is 58.4. The summed E-state index contributed by atoms with van der Waals surface area (Å²) in [5.74, 6) is 3.79. The zero-order valence-corrected chi connectivity index (χ0v) is 63.4. The van der Waals surface area contributed by atoms with Gasteiger partial charge in [-0.05, 0) is 138 Å². The molecule has 0 aliphatic carbocycles. The van der Waals surface area contributed by atoms with E-state index in [9.17, 15) is 0 Å². The average Bonchev–Trinajstić information content (AvgIpc) is 1.64. The van der Waals surface area contributed by atoms with E-state index in [0.717, 1.165) is 166 Å². The number of aromatic nitrogens is 10. The van der Waals surface area contributed by atoms with E-state index in [1.165, 1.54) is 11.1 Å². The van der Waals surface area contributed by atoms with Crippen molar-refractivity contribution in [3.63, 3.8) is 0 Å². The fraction of sp³-hybridized carbons (Fsp3) is 0. The third-order valence-electron chi connectivity index (χ3n) is 21.6. The Bertz CT molecular complexity index is 7480. The van der Waals surface area contributed by atoms with Crippen molar-refractivity contribution in [1.82, 2.24) is 49.8 Å². The van der Waals surface area contributed by atoms with Crippen LogP contribution in [0.3, 0.4) is 0 Å². The van der Waals surface area contributed by atoms with Gasteiger partial charge in [-0.1, -0.05) is 340 Å². The van der Waals surface area contributed by atoms with Gasteiger partial charge in [-0.2, -0.15) is 0 Å². The second kappa shape index (κ2) is 30.4. The SMILES string of the molecule is c1ccc(-c2ccc(-c3nc(-c4ccccc4)nc(-c4ccc(-c5cccc(-c6ccc(-c7c8ncccc8nc8oc9ccccc9c78)cc6)c5)cc4)n3)cc2)cc1.c1ccc(-c2ccc(-c3nc(-c4ccccc4)nc(-c4ccc(-c5cccc(-c6ccc(-c7ccc8c(c7)oc7nc9ccccc9nc78)cc6)c5)cc4)n3)cc2)cc1. The van der Waals surface area contributed by atoms with E-state index in [1.807, 2.05) is 134 Å². The first kappa shape index (κ1) is 69.7. The molecule has 0 atom stereocenters. The van der Waals surface area contributed by atoms with Crippen molar-refractivity contribution in [1.29, 1.82) is 0 Å². The van der Waals surface area contributed by atoms with Crippen LogP contribution in [-0.2, 0) is 0 Å². The molecule has 118 heavy (non-hydrogen) atoms. The summed E-state index contributed by atoms with van der Waals surface area (Å²) >= 11 is 0. The highest BCUT2D eigenvalue weighted by atomic mass is 16.3. The molecule has 0 bridgehead atoms. The smallest absolute Gasteiger partial charge is 0.246 e. The first-order valence-corrected chi connectivity index (χ1v) is 39.1. The Hall–Kier alpha value is -16.2. The molecular weight excluding hydrogens is 1450 g/mol. The van der Waals surface area contributed by atoms with Gasteiger partial charge in [-0.25, -0.2) is 44.9 Å². The molecule has 0 radical (unpaired) electrons. The minimum absolute atomic E-state index is 0.554. The highest BCUT2D eigenvalue weighted by molar-refractivity contribution is 6.18. The molecule has 0 spiro atoms. The Kier molecular flexibility index (Phi) is 18.0. The molecule has 0 amide bonds. The van der Waals surface area contributed by atoms with Gasteiger partial charge >= 0.3 is 0 Å². The summed E-state index contributed by atoms with van der Waals surface area (Å²) in [6, 6.07) is 135. The van der Waals surface area contributed by atoms with E-state index in [0.29, 0.717) is 46.4 Å². The number of benzene rings is 15. The van der Waals surface area contributed by atoms with Gasteiger partial charge in [0.25, 0.3) is 0 Å². The van der Waals surface area contributed by atoms with Crippen LogP contribution in [0.4, 0.5) is 0 Å². The molecule has 0 N–H and O–H groups in total. The summed E-state index contributed by atoms with van der Waals surface area (Å²) in [4.78, 5) is 48.9. The second-order valence-electron chi connectivity index (χ2n) is 29.0. The monoisotopic (exact) mass is 1510 g/mol. The molecule has 552 valence electrons. The highest BCUT2D eigenvalue weighted by Gasteiger charge is 2.22. The Morgan fingerprint density at radius 2 is 0.466 bits per heavy atom. The first-order valence-electron chi connectivity index (χ1n) is 39.1. The Labute approximate surface area is 678 Å². The Balaban J connectivity index is 0.000000147. The van der Waals surface area contributed by atoms with Crippen molar-refractivity contribution in [2.24, 2.45) is 0 Å². The van der Waals surface area contributed by atoms with Crippen LogP contribution in [0.5, 0.6) is 0 Å². The number of hydrogen-bond acceptors (Lipinski definition) is 12. The molecule has 7 aromatic heterocycles. The van der Waals surface area contributed by atoms with E-state index in [4.69, 9.17) is 58.7 Å². The number of rotatable bonds is 14.